The van der Waals surface area contributed by atoms with Crippen molar-refractivity contribution < 1.29 is 27.4 Å². The van der Waals surface area contributed by atoms with Crippen LogP contribution < -0.4 is 19.5 Å². The second kappa shape index (κ2) is 11.4. The van der Waals surface area contributed by atoms with E-state index in [2.05, 4.69) is 5.32 Å². The summed E-state index contributed by atoms with van der Waals surface area (Å²) in [5.41, 5.74) is 1.19. The van der Waals surface area contributed by atoms with Crippen molar-refractivity contribution in [2.45, 2.75) is 43.9 Å². The number of hydrogen-bond donors (Lipinski definition) is 1. The van der Waals surface area contributed by atoms with Gasteiger partial charge < -0.3 is 19.5 Å². The molecule has 1 saturated heterocycles. The molecule has 0 saturated carbocycles. The van der Waals surface area contributed by atoms with E-state index in [0.29, 0.717) is 49.1 Å². The van der Waals surface area contributed by atoms with E-state index in [1.165, 1.54) is 16.4 Å². The summed E-state index contributed by atoms with van der Waals surface area (Å²) in [6.07, 6.45) is 3.36. The maximum absolute atomic E-state index is 13.1. The lowest BCUT2D eigenvalue weighted by Crippen LogP contribution is -2.35. The molecule has 180 valence electrons. The maximum atomic E-state index is 13.1. The third-order valence-corrected chi connectivity index (χ3v) is 7.48. The third kappa shape index (κ3) is 6.17. The molecule has 1 aliphatic rings. The minimum absolute atomic E-state index is 0.151. The molecule has 0 spiro atoms. The van der Waals surface area contributed by atoms with Crippen molar-refractivity contribution in [1.82, 2.24) is 4.31 Å². The van der Waals surface area contributed by atoms with Crippen LogP contribution in [0.5, 0.6) is 17.2 Å². The number of sulfonamides is 1. The molecule has 0 unspecified atom stereocenters. The van der Waals surface area contributed by atoms with Crippen molar-refractivity contribution in [3.63, 3.8) is 0 Å². The summed E-state index contributed by atoms with van der Waals surface area (Å²) in [5, 5.41) is 2.83. The summed E-state index contributed by atoms with van der Waals surface area (Å²) >= 11 is 0. The fraction of sp³-hybridized carbons (Fsp3) is 0.458. The van der Waals surface area contributed by atoms with Gasteiger partial charge in [0.1, 0.15) is 17.2 Å². The number of methoxy groups -OCH3 is 2. The van der Waals surface area contributed by atoms with E-state index in [-0.39, 0.29) is 17.2 Å². The third-order valence-electron chi connectivity index (χ3n) is 5.59. The number of rotatable bonds is 10. The van der Waals surface area contributed by atoms with Crippen molar-refractivity contribution in [2.75, 3.05) is 39.2 Å². The van der Waals surface area contributed by atoms with Crippen molar-refractivity contribution in [3.8, 4) is 17.2 Å². The van der Waals surface area contributed by atoms with Crippen molar-refractivity contribution in [2.24, 2.45) is 0 Å². The van der Waals surface area contributed by atoms with Gasteiger partial charge >= 0.3 is 0 Å². The molecule has 0 radical (unpaired) electrons. The standard InChI is InChI=1S/C24H32N2O6S/c1-4-32-23-12-10-20(33(28,29)26-14-6-5-7-15-26)17-21(23)25-24(27)13-8-18-16-19(30-2)9-11-22(18)31-3/h9-12,16-17H,4-8,13-15H2,1-3H3,(H,25,27). The van der Waals surface area contributed by atoms with Gasteiger partial charge in [-0.2, -0.15) is 4.31 Å². The van der Waals surface area contributed by atoms with Gasteiger partial charge in [0.15, 0.2) is 0 Å². The second-order valence-corrected chi connectivity index (χ2v) is 9.72. The van der Waals surface area contributed by atoms with E-state index in [1.807, 2.05) is 13.0 Å². The highest BCUT2D eigenvalue weighted by atomic mass is 32.2. The van der Waals surface area contributed by atoms with Crippen LogP contribution in [-0.4, -0.2) is 52.5 Å². The van der Waals surface area contributed by atoms with Gasteiger partial charge in [-0.15, -0.1) is 0 Å². The van der Waals surface area contributed by atoms with Gasteiger partial charge in [-0.05, 0) is 68.1 Å². The highest BCUT2D eigenvalue weighted by Crippen LogP contribution is 2.31. The number of nitrogens with one attached hydrogen (secondary N) is 1. The molecule has 8 nitrogen and oxygen atoms in total. The largest absolute Gasteiger partial charge is 0.497 e. The Morgan fingerprint density at radius 2 is 1.73 bits per heavy atom. The molecule has 1 aliphatic heterocycles. The number of benzene rings is 2. The molecule has 1 heterocycles. The van der Waals surface area contributed by atoms with Crippen LogP contribution in [0, 0.1) is 0 Å². The first-order valence-electron chi connectivity index (χ1n) is 11.2. The molecule has 0 atom stereocenters. The highest BCUT2D eigenvalue weighted by Gasteiger charge is 2.27. The molecule has 33 heavy (non-hydrogen) atoms. The number of hydrogen-bond acceptors (Lipinski definition) is 6. The Hall–Kier alpha value is -2.78. The summed E-state index contributed by atoms with van der Waals surface area (Å²) < 4.78 is 43.9. The average molecular weight is 477 g/mol. The lowest BCUT2D eigenvalue weighted by molar-refractivity contribution is -0.116. The van der Waals surface area contributed by atoms with Gasteiger partial charge in [0.25, 0.3) is 0 Å². The quantitative estimate of drug-likeness (QED) is 0.560. The lowest BCUT2D eigenvalue weighted by atomic mass is 10.1. The second-order valence-electron chi connectivity index (χ2n) is 7.78. The van der Waals surface area contributed by atoms with E-state index in [9.17, 15) is 13.2 Å². The predicted molar refractivity (Wildman–Crippen MR) is 127 cm³/mol. The van der Waals surface area contributed by atoms with Crippen molar-refractivity contribution in [3.05, 3.63) is 42.0 Å². The lowest BCUT2D eigenvalue weighted by Gasteiger charge is -2.26. The number of nitrogens with zero attached hydrogens (tertiary/aromatic N) is 1. The molecule has 2 aromatic rings. The Bertz CT molecular complexity index is 1060. The molecule has 1 fully saturated rings. The van der Waals surface area contributed by atoms with Crippen molar-refractivity contribution >= 4 is 21.6 Å². The van der Waals surface area contributed by atoms with E-state index in [0.717, 1.165) is 24.8 Å². The number of amides is 1. The van der Waals surface area contributed by atoms with Crippen LogP contribution in [0.4, 0.5) is 5.69 Å². The summed E-state index contributed by atoms with van der Waals surface area (Å²) in [7, 11) is -0.469. The van der Waals surface area contributed by atoms with E-state index < -0.39 is 10.0 Å². The smallest absolute Gasteiger partial charge is 0.243 e. The fourth-order valence-corrected chi connectivity index (χ4v) is 5.38. The molecule has 0 bridgehead atoms. The molecule has 2 aromatic carbocycles. The minimum Gasteiger partial charge on any atom is -0.497 e. The summed E-state index contributed by atoms with van der Waals surface area (Å²) in [6, 6.07) is 10.1. The number of carbonyl (C=O) groups is 1. The zero-order valence-corrected chi connectivity index (χ0v) is 20.2. The van der Waals surface area contributed by atoms with Crippen LogP contribution in [-0.2, 0) is 21.2 Å². The highest BCUT2D eigenvalue weighted by molar-refractivity contribution is 7.89. The first-order valence-corrected chi connectivity index (χ1v) is 12.6. The number of anilines is 1. The maximum Gasteiger partial charge on any atom is 0.243 e. The summed E-state index contributed by atoms with van der Waals surface area (Å²) in [5.74, 6) is 1.53. The molecule has 1 amide bonds. The van der Waals surface area contributed by atoms with Gasteiger partial charge in [0.05, 0.1) is 31.4 Å². The molecule has 9 heteroatoms. The molecule has 0 aromatic heterocycles. The van der Waals surface area contributed by atoms with E-state index in [1.54, 1.807) is 32.4 Å². The fourth-order valence-electron chi connectivity index (χ4n) is 3.84. The predicted octanol–water partition coefficient (Wildman–Crippen LogP) is 3.85. The molecule has 1 N–H and O–H groups in total. The Morgan fingerprint density at radius 3 is 2.39 bits per heavy atom. The van der Waals surface area contributed by atoms with Crippen LogP contribution in [0.25, 0.3) is 0 Å². The van der Waals surface area contributed by atoms with Crippen LogP contribution in [0.2, 0.25) is 0 Å². The number of ether oxygens (including phenoxy) is 3. The molecule has 0 aliphatic carbocycles. The summed E-state index contributed by atoms with van der Waals surface area (Å²) in [4.78, 5) is 12.9. The first-order chi connectivity index (χ1) is 15.9. The average Bonchev–Trinajstić information content (AvgIpc) is 2.84. The SMILES string of the molecule is CCOc1ccc(S(=O)(=O)N2CCCCC2)cc1NC(=O)CCc1cc(OC)ccc1OC. The van der Waals surface area contributed by atoms with Gasteiger partial charge in [0, 0.05) is 19.5 Å². The van der Waals surface area contributed by atoms with E-state index >= 15 is 0 Å². The van der Waals surface area contributed by atoms with Gasteiger partial charge in [-0.25, -0.2) is 8.42 Å². The van der Waals surface area contributed by atoms with Crippen LogP contribution in [0.3, 0.4) is 0 Å². The van der Waals surface area contributed by atoms with Gasteiger partial charge in [-0.3, -0.25) is 4.79 Å². The number of piperidine rings is 1. The Morgan fingerprint density at radius 1 is 1.00 bits per heavy atom. The van der Waals surface area contributed by atoms with E-state index in [4.69, 9.17) is 14.2 Å². The molecular formula is C24H32N2O6S. The zero-order chi connectivity index (χ0) is 23.8. The number of carbonyl (C=O) groups excluding carboxylic acids is 1. The Labute approximate surface area is 195 Å². The van der Waals surface area contributed by atoms with Gasteiger partial charge in [0.2, 0.25) is 15.9 Å². The van der Waals surface area contributed by atoms with Crippen LogP contribution in [0.1, 0.15) is 38.2 Å². The monoisotopic (exact) mass is 476 g/mol. The van der Waals surface area contributed by atoms with Crippen LogP contribution >= 0.6 is 0 Å². The van der Waals surface area contributed by atoms with Crippen LogP contribution in [0.15, 0.2) is 41.3 Å². The minimum atomic E-state index is -3.63. The summed E-state index contributed by atoms with van der Waals surface area (Å²) in [6.45, 7) is 3.25. The normalized spacial score (nSPS) is 14.5. The first kappa shape index (κ1) is 24.9. The topological polar surface area (TPSA) is 94.2 Å². The van der Waals surface area contributed by atoms with Gasteiger partial charge in [-0.1, -0.05) is 6.42 Å². The Kier molecular flexibility index (Phi) is 8.57. The number of aryl methyl sites for hydroxylation is 1. The molecule has 3 rings (SSSR count). The Balaban J connectivity index is 1.77. The zero-order valence-electron chi connectivity index (χ0n) is 19.4. The van der Waals surface area contributed by atoms with Crippen molar-refractivity contribution in [1.29, 1.82) is 0 Å². The molecular weight excluding hydrogens is 444 g/mol.